The van der Waals surface area contributed by atoms with Crippen LogP contribution in [0.3, 0.4) is 0 Å². The molecule has 5 nitrogen and oxygen atoms in total. The lowest BCUT2D eigenvalue weighted by Crippen LogP contribution is -2.15. The van der Waals surface area contributed by atoms with Gasteiger partial charge < -0.3 is 14.5 Å². The van der Waals surface area contributed by atoms with Crippen molar-refractivity contribution in [1.82, 2.24) is 0 Å². The minimum atomic E-state index is -0.434. The van der Waals surface area contributed by atoms with Gasteiger partial charge in [0.25, 0.3) is 0 Å². The zero-order valence-electron chi connectivity index (χ0n) is 16.4. The molecular weight excluding hydrogens is 465 g/mol. The Morgan fingerprint density at radius 2 is 1.74 bits per heavy atom. The summed E-state index contributed by atoms with van der Waals surface area (Å²) in [6, 6.07) is 17.4. The number of ketones is 2. The zero-order chi connectivity index (χ0) is 22.0. The number of rotatable bonds is 7. The molecule has 0 atom stereocenters. The summed E-state index contributed by atoms with van der Waals surface area (Å²) >= 11 is 3.38. The highest BCUT2D eigenvalue weighted by molar-refractivity contribution is 9.10. The van der Waals surface area contributed by atoms with E-state index in [-0.39, 0.29) is 23.7 Å². The average Bonchev–Trinajstić information content (AvgIpc) is 3.16. The number of para-hydroxylation sites is 1. The second kappa shape index (κ2) is 8.73. The predicted molar refractivity (Wildman–Crippen MR) is 120 cm³/mol. The zero-order valence-corrected chi connectivity index (χ0v) is 18.0. The summed E-state index contributed by atoms with van der Waals surface area (Å²) in [5.74, 6) is -0.322. The molecule has 3 aromatic carbocycles. The fourth-order valence-corrected chi connectivity index (χ4v) is 3.76. The molecule has 4 aromatic rings. The standard InChI is InChI=1S/C24H17BrFNO4/c1-30-21-11-8-15(12-18(21)25)19(28)13-27-22-17-4-2-3-5-20(17)31-24(22)23(29)14-6-9-16(26)10-7-14/h2-12,27H,13H2,1H3. The topological polar surface area (TPSA) is 68.5 Å². The van der Waals surface area contributed by atoms with Crippen LogP contribution in [0.1, 0.15) is 26.5 Å². The Hall–Kier alpha value is -3.45. The largest absolute Gasteiger partial charge is 0.496 e. The van der Waals surface area contributed by atoms with E-state index in [4.69, 9.17) is 9.15 Å². The van der Waals surface area contributed by atoms with Gasteiger partial charge in [0.15, 0.2) is 11.5 Å². The van der Waals surface area contributed by atoms with Crippen LogP contribution in [0, 0.1) is 5.82 Å². The number of methoxy groups -OCH3 is 1. The molecule has 0 aliphatic heterocycles. The quantitative estimate of drug-likeness (QED) is 0.334. The minimum Gasteiger partial charge on any atom is -0.496 e. The van der Waals surface area contributed by atoms with Gasteiger partial charge in [0.2, 0.25) is 5.78 Å². The van der Waals surface area contributed by atoms with Gasteiger partial charge in [-0.1, -0.05) is 12.1 Å². The maximum absolute atomic E-state index is 13.3. The van der Waals surface area contributed by atoms with Crippen LogP contribution in [0.4, 0.5) is 10.1 Å². The smallest absolute Gasteiger partial charge is 0.230 e. The monoisotopic (exact) mass is 481 g/mol. The van der Waals surface area contributed by atoms with Gasteiger partial charge in [0.05, 0.1) is 23.8 Å². The fourth-order valence-electron chi connectivity index (χ4n) is 3.22. The number of nitrogens with one attached hydrogen (secondary N) is 1. The lowest BCUT2D eigenvalue weighted by atomic mass is 10.1. The van der Waals surface area contributed by atoms with E-state index in [1.807, 2.05) is 6.07 Å². The first-order valence-electron chi connectivity index (χ1n) is 9.40. The molecule has 1 aromatic heterocycles. The summed E-state index contributed by atoms with van der Waals surface area (Å²) in [7, 11) is 1.55. The molecule has 7 heteroatoms. The molecule has 0 aliphatic carbocycles. The Bertz CT molecular complexity index is 1280. The second-order valence-corrected chi connectivity index (χ2v) is 7.62. The molecule has 0 radical (unpaired) electrons. The first-order chi connectivity index (χ1) is 15.0. The Labute approximate surface area is 186 Å². The van der Waals surface area contributed by atoms with Crippen LogP contribution in [0.5, 0.6) is 5.75 Å². The van der Waals surface area contributed by atoms with Crippen LogP contribution in [0.15, 0.2) is 75.6 Å². The number of ether oxygens (including phenoxy) is 1. The number of Topliss-reactive ketones (excluding diaryl/α,β-unsaturated/α-hetero) is 1. The highest BCUT2D eigenvalue weighted by Crippen LogP contribution is 2.33. The molecule has 156 valence electrons. The Morgan fingerprint density at radius 3 is 2.45 bits per heavy atom. The van der Waals surface area contributed by atoms with E-state index in [2.05, 4.69) is 21.2 Å². The minimum absolute atomic E-state index is 0.0496. The van der Waals surface area contributed by atoms with Gasteiger partial charge in [-0.15, -0.1) is 0 Å². The molecular formula is C24H17BrFNO4. The van der Waals surface area contributed by atoms with Crippen molar-refractivity contribution in [2.75, 3.05) is 19.0 Å². The average molecular weight is 482 g/mol. The number of anilines is 1. The molecule has 0 bridgehead atoms. The van der Waals surface area contributed by atoms with Crippen LogP contribution in [-0.4, -0.2) is 25.2 Å². The van der Waals surface area contributed by atoms with Crippen molar-refractivity contribution in [2.45, 2.75) is 0 Å². The first kappa shape index (κ1) is 20.8. The van der Waals surface area contributed by atoms with Gasteiger partial charge in [-0.2, -0.15) is 0 Å². The van der Waals surface area contributed by atoms with E-state index in [0.717, 1.165) is 0 Å². The first-order valence-corrected chi connectivity index (χ1v) is 10.2. The molecule has 31 heavy (non-hydrogen) atoms. The number of fused-ring (bicyclic) bond motifs is 1. The highest BCUT2D eigenvalue weighted by Gasteiger charge is 2.22. The van der Waals surface area contributed by atoms with Crippen LogP contribution in [0.25, 0.3) is 11.0 Å². The summed E-state index contributed by atoms with van der Waals surface area (Å²) in [5, 5.41) is 3.74. The Balaban J connectivity index is 1.64. The van der Waals surface area contributed by atoms with Crippen LogP contribution in [0.2, 0.25) is 0 Å². The molecule has 4 rings (SSSR count). The molecule has 0 amide bonds. The molecule has 0 spiro atoms. The number of carbonyl (C=O) groups is 2. The maximum atomic E-state index is 13.3. The molecule has 0 aliphatic rings. The van der Waals surface area contributed by atoms with Crippen molar-refractivity contribution in [3.63, 3.8) is 0 Å². The summed E-state index contributed by atoms with van der Waals surface area (Å²) in [6.45, 7) is -0.0496. The summed E-state index contributed by atoms with van der Waals surface area (Å²) in [5.41, 5.74) is 1.70. The van der Waals surface area contributed by atoms with E-state index >= 15 is 0 Å². The maximum Gasteiger partial charge on any atom is 0.230 e. The van der Waals surface area contributed by atoms with Crippen molar-refractivity contribution in [2.24, 2.45) is 0 Å². The summed E-state index contributed by atoms with van der Waals surface area (Å²) < 4.78 is 24.9. The third kappa shape index (κ3) is 4.22. The number of hydrogen-bond acceptors (Lipinski definition) is 5. The van der Waals surface area contributed by atoms with E-state index in [9.17, 15) is 14.0 Å². The third-order valence-corrected chi connectivity index (χ3v) is 5.43. The van der Waals surface area contributed by atoms with Gasteiger partial charge in [-0.05, 0) is 70.5 Å². The van der Waals surface area contributed by atoms with Crippen molar-refractivity contribution in [1.29, 1.82) is 0 Å². The van der Waals surface area contributed by atoms with Gasteiger partial charge in [0, 0.05) is 16.5 Å². The third-order valence-electron chi connectivity index (χ3n) is 4.81. The normalized spacial score (nSPS) is 10.8. The molecule has 0 saturated carbocycles. The highest BCUT2D eigenvalue weighted by atomic mass is 79.9. The molecule has 0 unspecified atom stereocenters. The van der Waals surface area contributed by atoms with Gasteiger partial charge in [-0.25, -0.2) is 4.39 Å². The van der Waals surface area contributed by atoms with Crippen LogP contribution >= 0.6 is 15.9 Å². The molecule has 0 fully saturated rings. The SMILES string of the molecule is COc1ccc(C(=O)CNc2c(C(=O)c3ccc(F)cc3)oc3ccccc23)cc1Br. The fraction of sp³-hybridized carbons (Fsp3) is 0.0833. The number of carbonyl (C=O) groups excluding carboxylic acids is 2. The van der Waals surface area contributed by atoms with Crippen molar-refractivity contribution >= 4 is 44.2 Å². The molecule has 1 heterocycles. The second-order valence-electron chi connectivity index (χ2n) is 6.76. The lowest BCUT2D eigenvalue weighted by Gasteiger charge is -2.08. The van der Waals surface area contributed by atoms with E-state index < -0.39 is 11.6 Å². The number of halogens is 2. The lowest BCUT2D eigenvalue weighted by molar-refractivity contribution is 0.0997. The van der Waals surface area contributed by atoms with Gasteiger partial charge >= 0.3 is 0 Å². The van der Waals surface area contributed by atoms with E-state index in [1.54, 1.807) is 43.5 Å². The van der Waals surface area contributed by atoms with Crippen molar-refractivity contribution in [3.8, 4) is 5.75 Å². The Morgan fingerprint density at radius 1 is 1.03 bits per heavy atom. The number of furan rings is 1. The van der Waals surface area contributed by atoms with Gasteiger partial charge in [0.1, 0.15) is 17.1 Å². The van der Waals surface area contributed by atoms with Crippen LogP contribution in [-0.2, 0) is 0 Å². The predicted octanol–water partition coefficient (Wildman–Crippen LogP) is 5.87. The summed E-state index contributed by atoms with van der Waals surface area (Å²) in [4.78, 5) is 25.8. The van der Waals surface area contributed by atoms with E-state index in [1.165, 1.54) is 24.3 Å². The van der Waals surface area contributed by atoms with Crippen molar-refractivity contribution in [3.05, 3.63) is 93.9 Å². The number of benzene rings is 3. The van der Waals surface area contributed by atoms with Crippen LogP contribution < -0.4 is 10.1 Å². The van der Waals surface area contributed by atoms with E-state index in [0.29, 0.717) is 32.4 Å². The molecule has 1 N–H and O–H groups in total. The number of hydrogen-bond donors (Lipinski definition) is 1. The summed E-state index contributed by atoms with van der Waals surface area (Å²) in [6.07, 6.45) is 0. The van der Waals surface area contributed by atoms with Crippen molar-refractivity contribution < 1.29 is 23.1 Å². The Kier molecular flexibility index (Phi) is 5.86. The van der Waals surface area contributed by atoms with Gasteiger partial charge in [-0.3, -0.25) is 9.59 Å². The molecule has 0 saturated heterocycles.